The van der Waals surface area contributed by atoms with Crippen molar-refractivity contribution in [3.05, 3.63) is 35.9 Å². The molecule has 2 aliphatic heterocycles. The maximum atomic E-state index is 12.4. The molecule has 5 nitrogen and oxygen atoms in total. The summed E-state index contributed by atoms with van der Waals surface area (Å²) in [6.45, 7) is 0.00109. The van der Waals surface area contributed by atoms with Crippen molar-refractivity contribution in [2.45, 2.75) is 18.1 Å². The van der Waals surface area contributed by atoms with Crippen LogP contribution in [0.25, 0.3) is 0 Å². The molecule has 0 saturated carbocycles. The summed E-state index contributed by atoms with van der Waals surface area (Å²) >= 11 is 1.67. The second kappa shape index (κ2) is 5.10. The number of nitrogens with one attached hydrogen (secondary N) is 1. The second-order valence-electron chi connectivity index (χ2n) is 5.16. The van der Waals surface area contributed by atoms with Crippen molar-refractivity contribution >= 4 is 23.7 Å². The van der Waals surface area contributed by atoms with Gasteiger partial charge in [-0.1, -0.05) is 30.3 Å². The molecule has 1 aromatic carbocycles. The molecule has 2 heterocycles. The fourth-order valence-electron chi connectivity index (χ4n) is 2.63. The number of aliphatic hydroxyl groups is 1. The van der Waals surface area contributed by atoms with Gasteiger partial charge in [-0.2, -0.15) is 11.8 Å². The molecule has 2 N–H and O–H groups in total. The molecule has 0 aliphatic carbocycles. The number of aliphatic hydroxyl groups excluding tert-OH is 1. The van der Waals surface area contributed by atoms with E-state index in [1.807, 2.05) is 18.2 Å². The first-order chi connectivity index (χ1) is 9.62. The number of urea groups is 1. The summed E-state index contributed by atoms with van der Waals surface area (Å²) < 4.78 is 0. The van der Waals surface area contributed by atoms with Crippen LogP contribution in [0, 0.1) is 0 Å². The lowest BCUT2D eigenvalue weighted by Crippen LogP contribution is -2.47. The molecular formula is C14H16N2O3S. The predicted octanol–water partition coefficient (Wildman–Crippen LogP) is 1.15. The van der Waals surface area contributed by atoms with Gasteiger partial charge < -0.3 is 10.4 Å². The van der Waals surface area contributed by atoms with Gasteiger partial charge in [-0.15, -0.1) is 0 Å². The Morgan fingerprint density at radius 2 is 2.10 bits per heavy atom. The normalized spacial score (nSPS) is 27.1. The van der Waals surface area contributed by atoms with Crippen molar-refractivity contribution < 1.29 is 14.7 Å². The number of carbonyl (C=O) groups is 2. The van der Waals surface area contributed by atoms with Crippen LogP contribution in [0.15, 0.2) is 30.3 Å². The van der Waals surface area contributed by atoms with Gasteiger partial charge in [0.2, 0.25) is 0 Å². The minimum Gasteiger partial charge on any atom is -0.387 e. The molecular weight excluding hydrogens is 276 g/mol. The van der Waals surface area contributed by atoms with Crippen molar-refractivity contribution in [1.29, 1.82) is 0 Å². The Kier molecular flexibility index (Phi) is 3.43. The summed E-state index contributed by atoms with van der Waals surface area (Å²) in [5, 5.41) is 13.0. The van der Waals surface area contributed by atoms with E-state index < -0.39 is 17.7 Å². The number of hydrogen-bond donors (Lipinski definition) is 2. The summed E-state index contributed by atoms with van der Waals surface area (Å²) in [4.78, 5) is 25.6. The molecule has 2 aliphatic rings. The van der Waals surface area contributed by atoms with Gasteiger partial charge in [0.1, 0.15) is 5.54 Å². The van der Waals surface area contributed by atoms with Crippen LogP contribution < -0.4 is 5.32 Å². The minimum atomic E-state index is -0.852. The van der Waals surface area contributed by atoms with E-state index in [0.29, 0.717) is 17.7 Å². The second-order valence-corrected chi connectivity index (χ2v) is 6.26. The van der Waals surface area contributed by atoms with Gasteiger partial charge in [0.05, 0.1) is 12.6 Å². The zero-order valence-electron chi connectivity index (χ0n) is 10.9. The Hall–Kier alpha value is -1.53. The van der Waals surface area contributed by atoms with E-state index >= 15 is 0 Å². The highest BCUT2D eigenvalue weighted by Crippen LogP contribution is 2.34. The van der Waals surface area contributed by atoms with Crippen LogP contribution in [0.3, 0.4) is 0 Å². The van der Waals surface area contributed by atoms with Crippen LogP contribution in [-0.4, -0.2) is 45.5 Å². The van der Waals surface area contributed by atoms with Gasteiger partial charge in [0.15, 0.2) is 0 Å². The summed E-state index contributed by atoms with van der Waals surface area (Å²) in [6, 6.07) is 8.66. The molecule has 106 valence electrons. The number of nitrogens with zero attached hydrogens (tertiary/aromatic N) is 1. The highest BCUT2D eigenvalue weighted by atomic mass is 32.2. The Morgan fingerprint density at radius 3 is 2.75 bits per heavy atom. The Balaban J connectivity index is 1.74. The highest BCUT2D eigenvalue weighted by Gasteiger charge is 2.53. The van der Waals surface area contributed by atoms with Crippen LogP contribution in [0.5, 0.6) is 0 Å². The molecule has 2 saturated heterocycles. The largest absolute Gasteiger partial charge is 0.387 e. The summed E-state index contributed by atoms with van der Waals surface area (Å²) in [5.41, 5.74) is -0.0344. The van der Waals surface area contributed by atoms with Gasteiger partial charge in [0, 0.05) is 5.75 Å². The number of thioether (sulfide) groups is 1. The molecule has 0 radical (unpaired) electrons. The van der Waals surface area contributed by atoms with Gasteiger partial charge in [0.25, 0.3) is 5.91 Å². The first kappa shape index (κ1) is 13.5. The van der Waals surface area contributed by atoms with E-state index in [4.69, 9.17) is 0 Å². The van der Waals surface area contributed by atoms with Crippen molar-refractivity contribution in [2.24, 2.45) is 0 Å². The molecule has 1 spiro atoms. The average molecular weight is 292 g/mol. The summed E-state index contributed by atoms with van der Waals surface area (Å²) in [6.07, 6.45) is -0.185. The zero-order chi connectivity index (χ0) is 14.2. The molecule has 1 aromatic rings. The number of β-amino-alcohol motifs (C(OH)–C–C–N with tert-alkyl or cyclic N) is 1. The maximum absolute atomic E-state index is 12.4. The topological polar surface area (TPSA) is 69.6 Å². The van der Waals surface area contributed by atoms with Gasteiger partial charge in [-0.05, 0) is 17.7 Å². The Labute approximate surface area is 121 Å². The van der Waals surface area contributed by atoms with Crippen LogP contribution in [-0.2, 0) is 4.79 Å². The van der Waals surface area contributed by atoms with Crippen LogP contribution in [0.1, 0.15) is 18.1 Å². The standard InChI is InChI=1S/C14H16N2O3S/c17-11(10-4-2-1-3-5-10)8-16-12(18)14(15-13(16)19)6-7-20-9-14/h1-5,11,17H,6-9H2,(H,15,19)/t11-,14+/m0/s1. The maximum Gasteiger partial charge on any atom is 0.325 e. The number of amides is 3. The molecule has 3 rings (SSSR count). The number of imide groups is 1. The molecule has 3 amide bonds. The molecule has 2 fully saturated rings. The fourth-order valence-corrected chi connectivity index (χ4v) is 3.95. The predicted molar refractivity (Wildman–Crippen MR) is 76.3 cm³/mol. The minimum absolute atomic E-state index is 0.00109. The molecule has 0 aromatic heterocycles. The van der Waals surface area contributed by atoms with E-state index in [1.165, 1.54) is 0 Å². The van der Waals surface area contributed by atoms with Crippen molar-refractivity contribution in [1.82, 2.24) is 10.2 Å². The fraction of sp³-hybridized carbons (Fsp3) is 0.429. The van der Waals surface area contributed by atoms with Gasteiger partial charge in [-0.3, -0.25) is 9.69 Å². The van der Waals surface area contributed by atoms with Crippen LogP contribution in [0.2, 0.25) is 0 Å². The van der Waals surface area contributed by atoms with Crippen molar-refractivity contribution in [2.75, 3.05) is 18.1 Å². The third-order valence-electron chi connectivity index (χ3n) is 3.81. The van der Waals surface area contributed by atoms with Crippen LogP contribution >= 0.6 is 11.8 Å². The molecule has 6 heteroatoms. The van der Waals surface area contributed by atoms with E-state index in [2.05, 4.69) is 5.32 Å². The molecule has 2 atom stereocenters. The Morgan fingerprint density at radius 1 is 1.35 bits per heavy atom. The lowest BCUT2D eigenvalue weighted by molar-refractivity contribution is -0.131. The van der Waals surface area contributed by atoms with Crippen molar-refractivity contribution in [3.8, 4) is 0 Å². The van der Waals surface area contributed by atoms with E-state index in [1.54, 1.807) is 23.9 Å². The monoisotopic (exact) mass is 292 g/mol. The number of rotatable bonds is 3. The summed E-state index contributed by atoms with van der Waals surface area (Å²) in [5.74, 6) is 1.29. The molecule has 0 bridgehead atoms. The van der Waals surface area contributed by atoms with Crippen LogP contribution in [0.4, 0.5) is 4.79 Å². The number of hydrogen-bond acceptors (Lipinski definition) is 4. The zero-order valence-corrected chi connectivity index (χ0v) is 11.7. The lowest BCUT2D eigenvalue weighted by atomic mass is 9.99. The van der Waals surface area contributed by atoms with Crippen molar-refractivity contribution in [3.63, 3.8) is 0 Å². The highest BCUT2D eigenvalue weighted by molar-refractivity contribution is 7.99. The van der Waals surface area contributed by atoms with E-state index in [9.17, 15) is 14.7 Å². The molecule has 20 heavy (non-hydrogen) atoms. The average Bonchev–Trinajstić information content (AvgIpc) is 3.01. The summed E-state index contributed by atoms with van der Waals surface area (Å²) in [7, 11) is 0. The smallest absolute Gasteiger partial charge is 0.325 e. The lowest BCUT2D eigenvalue weighted by Gasteiger charge is -2.21. The third kappa shape index (κ3) is 2.19. The number of benzene rings is 1. The SMILES string of the molecule is O=C1N[C@@]2(CCSC2)C(=O)N1C[C@H](O)c1ccccc1. The Bertz CT molecular complexity index is 528. The number of carbonyl (C=O) groups excluding carboxylic acids is 2. The van der Waals surface area contributed by atoms with Gasteiger partial charge in [-0.25, -0.2) is 4.79 Å². The van der Waals surface area contributed by atoms with E-state index in [0.717, 1.165) is 10.7 Å². The molecule has 0 unspecified atom stereocenters. The van der Waals surface area contributed by atoms with E-state index in [-0.39, 0.29) is 12.5 Å². The first-order valence-corrected chi connectivity index (χ1v) is 7.73. The van der Waals surface area contributed by atoms with Gasteiger partial charge >= 0.3 is 6.03 Å². The first-order valence-electron chi connectivity index (χ1n) is 6.57. The quantitative estimate of drug-likeness (QED) is 0.820. The third-order valence-corrected chi connectivity index (χ3v) is 5.00.